The van der Waals surface area contributed by atoms with Crippen molar-refractivity contribution in [2.45, 2.75) is 19.8 Å². The molecular formula is C13H16ClNO. The van der Waals surface area contributed by atoms with Gasteiger partial charge in [-0.1, -0.05) is 42.4 Å². The number of halogens is 1. The van der Waals surface area contributed by atoms with Crippen LogP contribution in [0.3, 0.4) is 0 Å². The lowest BCUT2D eigenvalue weighted by Crippen LogP contribution is -2.24. The minimum absolute atomic E-state index is 0.00468. The van der Waals surface area contributed by atoms with Crippen molar-refractivity contribution in [1.29, 1.82) is 0 Å². The first-order chi connectivity index (χ1) is 7.59. The SMILES string of the molecule is C=C(Cl)CNC(=O)CCc1ccccc1C. The molecule has 16 heavy (non-hydrogen) atoms. The number of carbonyl (C=O) groups is 1. The number of nitrogens with one attached hydrogen (secondary N) is 1. The quantitative estimate of drug-likeness (QED) is 0.839. The van der Waals surface area contributed by atoms with Crippen LogP contribution >= 0.6 is 11.6 Å². The van der Waals surface area contributed by atoms with Crippen LogP contribution in [0.2, 0.25) is 0 Å². The van der Waals surface area contributed by atoms with E-state index < -0.39 is 0 Å². The van der Waals surface area contributed by atoms with Gasteiger partial charge < -0.3 is 5.32 Å². The fourth-order valence-electron chi connectivity index (χ4n) is 1.42. The Morgan fingerprint density at radius 2 is 2.12 bits per heavy atom. The molecule has 0 saturated carbocycles. The van der Waals surface area contributed by atoms with E-state index in [1.165, 1.54) is 11.1 Å². The van der Waals surface area contributed by atoms with Crippen LogP contribution in [-0.2, 0) is 11.2 Å². The van der Waals surface area contributed by atoms with E-state index in [0.717, 1.165) is 6.42 Å². The average Bonchev–Trinajstić information content (AvgIpc) is 2.25. The first-order valence-corrected chi connectivity index (χ1v) is 5.62. The van der Waals surface area contributed by atoms with Crippen molar-refractivity contribution in [2.24, 2.45) is 0 Å². The molecule has 0 radical (unpaired) electrons. The normalized spacial score (nSPS) is 9.88. The highest BCUT2D eigenvalue weighted by Gasteiger charge is 2.03. The summed E-state index contributed by atoms with van der Waals surface area (Å²) in [6.45, 7) is 5.90. The fraction of sp³-hybridized carbons (Fsp3) is 0.308. The summed E-state index contributed by atoms with van der Waals surface area (Å²) >= 11 is 5.56. The van der Waals surface area contributed by atoms with Gasteiger partial charge in [0.1, 0.15) is 0 Å². The number of rotatable bonds is 5. The molecule has 1 rings (SSSR count). The summed E-state index contributed by atoms with van der Waals surface area (Å²) in [5.41, 5.74) is 2.43. The van der Waals surface area contributed by atoms with Crippen molar-refractivity contribution in [3.8, 4) is 0 Å². The average molecular weight is 238 g/mol. The van der Waals surface area contributed by atoms with Crippen LogP contribution in [0.4, 0.5) is 0 Å². The summed E-state index contributed by atoms with van der Waals surface area (Å²) in [4.78, 5) is 11.4. The molecule has 0 aliphatic rings. The van der Waals surface area contributed by atoms with Crippen LogP contribution in [0.25, 0.3) is 0 Å². The van der Waals surface area contributed by atoms with Crippen LogP contribution in [0.15, 0.2) is 35.9 Å². The molecule has 0 spiro atoms. The zero-order chi connectivity index (χ0) is 12.0. The molecule has 0 aliphatic heterocycles. The van der Waals surface area contributed by atoms with Gasteiger partial charge in [-0.3, -0.25) is 4.79 Å². The molecule has 0 bridgehead atoms. The Bertz CT molecular complexity index is 387. The third kappa shape index (κ3) is 4.49. The van der Waals surface area contributed by atoms with Crippen molar-refractivity contribution in [2.75, 3.05) is 6.54 Å². The summed E-state index contributed by atoms with van der Waals surface area (Å²) in [5, 5.41) is 3.15. The largest absolute Gasteiger partial charge is 0.351 e. The van der Waals surface area contributed by atoms with Gasteiger partial charge in [-0.15, -0.1) is 0 Å². The zero-order valence-electron chi connectivity index (χ0n) is 9.42. The van der Waals surface area contributed by atoms with E-state index in [4.69, 9.17) is 11.6 Å². The molecule has 0 fully saturated rings. The maximum absolute atomic E-state index is 11.4. The van der Waals surface area contributed by atoms with Crippen LogP contribution in [-0.4, -0.2) is 12.5 Å². The van der Waals surface area contributed by atoms with Gasteiger partial charge in [0, 0.05) is 11.5 Å². The fourth-order valence-corrected chi connectivity index (χ4v) is 1.49. The minimum Gasteiger partial charge on any atom is -0.351 e. The molecule has 2 nitrogen and oxygen atoms in total. The van der Waals surface area contributed by atoms with E-state index in [1.54, 1.807) is 0 Å². The van der Waals surface area contributed by atoms with Crippen molar-refractivity contribution in [3.63, 3.8) is 0 Å². The predicted octanol–water partition coefficient (Wildman–Crippen LogP) is 2.80. The highest BCUT2D eigenvalue weighted by Crippen LogP contribution is 2.09. The van der Waals surface area contributed by atoms with E-state index >= 15 is 0 Å². The number of hydrogen-bond donors (Lipinski definition) is 1. The first kappa shape index (κ1) is 12.8. The van der Waals surface area contributed by atoms with Gasteiger partial charge in [-0.25, -0.2) is 0 Å². The lowest BCUT2D eigenvalue weighted by molar-refractivity contribution is -0.120. The van der Waals surface area contributed by atoms with Crippen molar-refractivity contribution in [3.05, 3.63) is 47.0 Å². The van der Waals surface area contributed by atoms with Gasteiger partial charge in [0.05, 0.1) is 6.54 Å². The summed E-state index contributed by atoms with van der Waals surface area (Å²) in [5.74, 6) is 0.00468. The zero-order valence-corrected chi connectivity index (χ0v) is 10.2. The number of aryl methyl sites for hydroxylation is 2. The van der Waals surface area contributed by atoms with Gasteiger partial charge >= 0.3 is 0 Å². The second-order valence-electron chi connectivity index (χ2n) is 3.72. The van der Waals surface area contributed by atoms with Crippen molar-refractivity contribution >= 4 is 17.5 Å². The Labute approximate surface area is 101 Å². The van der Waals surface area contributed by atoms with Crippen LogP contribution < -0.4 is 5.32 Å². The van der Waals surface area contributed by atoms with Crippen molar-refractivity contribution < 1.29 is 4.79 Å². The third-order valence-electron chi connectivity index (χ3n) is 2.36. The lowest BCUT2D eigenvalue weighted by Gasteiger charge is -2.06. The molecule has 0 aliphatic carbocycles. The molecule has 1 aromatic rings. The maximum atomic E-state index is 11.4. The predicted molar refractivity (Wildman–Crippen MR) is 67.5 cm³/mol. The molecule has 0 saturated heterocycles. The summed E-state index contributed by atoms with van der Waals surface area (Å²) in [6, 6.07) is 8.08. The maximum Gasteiger partial charge on any atom is 0.220 e. The molecule has 1 N–H and O–H groups in total. The van der Waals surface area contributed by atoms with Gasteiger partial charge in [0.25, 0.3) is 0 Å². The Hall–Kier alpha value is -1.28. The molecule has 0 aromatic heterocycles. The highest BCUT2D eigenvalue weighted by atomic mass is 35.5. The van der Waals surface area contributed by atoms with Gasteiger partial charge in [-0.05, 0) is 24.5 Å². The smallest absolute Gasteiger partial charge is 0.220 e. The van der Waals surface area contributed by atoms with E-state index in [0.29, 0.717) is 18.0 Å². The van der Waals surface area contributed by atoms with Gasteiger partial charge in [-0.2, -0.15) is 0 Å². The van der Waals surface area contributed by atoms with Gasteiger partial charge in [0.2, 0.25) is 5.91 Å². The second-order valence-corrected chi connectivity index (χ2v) is 4.25. The Morgan fingerprint density at radius 1 is 1.44 bits per heavy atom. The third-order valence-corrected chi connectivity index (χ3v) is 2.49. The summed E-state index contributed by atoms with van der Waals surface area (Å²) < 4.78 is 0. The van der Waals surface area contributed by atoms with E-state index in [-0.39, 0.29) is 5.91 Å². The molecule has 86 valence electrons. The lowest BCUT2D eigenvalue weighted by atomic mass is 10.0. The Morgan fingerprint density at radius 3 is 2.75 bits per heavy atom. The molecule has 3 heteroatoms. The molecule has 0 atom stereocenters. The summed E-state index contributed by atoms with van der Waals surface area (Å²) in [6.07, 6.45) is 1.24. The molecule has 0 unspecified atom stereocenters. The number of amides is 1. The van der Waals surface area contributed by atoms with Crippen molar-refractivity contribution in [1.82, 2.24) is 5.32 Å². The number of hydrogen-bond acceptors (Lipinski definition) is 1. The minimum atomic E-state index is 0.00468. The molecule has 1 aromatic carbocycles. The van der Waals surface area contributed by atoms with Crippen LogP contribution in [0.5, 0.6) is 0 Å². The van der Waals surface area contributed by atoms with Crippen LogP contribution in [0.1, 0.15) is 17.5 Å². The Kier molecular flexibility index (Phi) is 5.06. The second kappa shape index (κ2) is 6.33. The monoisotopic (exact) mass is 237 g/mol. The molecule has 1 amide bonds. The summed E-state index contributed by atoms with van der Waals surface area (Å²) in [7, 11) is 0. The van der Waals surface area contributed by atoms with Gasteiger partial charge in [0.15, 0.2) is 0 Å². The van der Waals surface area contributed by atoms with Crippen LogP contribution in [0, 0.1) is 6.92 Å². The number of benzene rings is 1. The molecule has 0 heterocycles. The van der Waals surface area contributed by atoms with E-state index in [2.05, 4.69) is 11.9 Å². The standard InChI is InChI=1S/C13H16ClNO/c1-10-5-3-4-6-12(10)7-8-13(16)15-9-11(2)14/h3-6H,2,7-9H2,1H3,(H,15,16). The van der Waals surface area contributed by atoms with E-state index in [1.807, 2.05) is 31.2 Å². The first-order valence-electron chi connectivity index (χ1n) is 5.24. The Balaban J connectivity index is 2.37. The van der Waals surface area contributed by atoms with E-state index in [9.17, 15) is 4.79 Å². The number of carbonyl (C=O) groups excluding carboxylic acids is 1. The highest BCUT2D eigenvalue weighted by molar-refractivity contribution is 6.29. The topological polar surface area (TPSA) is 29.1 Å². The molecular weight excluding hydrogens is 222 g/mol.